The Morgan fingerprint density at radius 3 is 2.04 bits per heavy atom. The van der Waals surface area contributed by atoms with E-state index in [1.807, 2.05) is 11.3 Å². The molecular weight excluding hydrogens is 671 g/mol. The molecule has 262 valence electrons. The van der Waals surface area contributed by atoms with Crippen LogP contribution in [0.1, 0.15) is 63.5 Å². The number of benzene rings is 7. The standard InChI is InChI=1S/C50H43BN2S/c1-3-5-7-15-32-23-26-34(27-24-32)53-44-30-39-35-17-12-14-22-45(35)54-46(39)31-40(44)47-36-18-9-10-19-37(36)48-38-20-11-13-21-42(38)52-43-28-25-33(16-8-6-4-2)29-41(43)51(53)49(47)50(48)52/h9-14,17-31H,3-8,15-16H2,1-2H3. The van der Waals surface area contributed by atoms with E-state index in [1.54, 1.807) is 0 Å². The van der Waals surface area contributed by atoms with Gasteiger partial charge in [-0.2, -0.15) is 0 Å². The molecule has 11 rings (SSSR count). The molecule has 2 nitrogen and oxygen atoms in total. The summed E-state index contributed by atoms with van der Waals surface area (Å²) in [6.07, 6.45) is 9.72. The van der Waals surface area contributed by atoms with Crippen LogP contribution in [-0.4, -0.2) is 11.4 Å². The third-order valence-corrected chi connectivity index (χ3v) is 13.5. The van der Waals surface area contributed by atoms with E-state index in [-0.39, 0.29) is 6.85 Å². The number of aryl methyl sites for hydroxylation is 2. The van der Waals surface area contributed by atoms with E-state index in [1.165, 1.54) is 142 Å². The average molecular weight is 715 g/mol. The van der Waals surface area contributed by atoms with Gasteiger partial charge in [0.05, 0.1) is 11.0 Å². The number of fused-ring (bicyclic) bond motifs is 14. The molecule has 0 amide bonds. The number of nitrogens with zero attached hydrogens (tertiary/aromatic N) is 2. The van der Waals surface area contributed by atoms with Crippen LogP contribution in [0.25, 0.3) is 69.6 Å². The van der Waals surface area contributed by atoms with Crippen LogP contribution >= 0.6 is 11.3 Å². The molecule has 0 N–H and O–H groups in total. The normalized spacial score (nSPS) is 13.1. The molecule has 0 saturated carbocycles. The molecule has 0 atom stereocenters. The van der Waals surface area contributed by atoms with E-state index in [9.17, 15) is 0 Å². The smallest absolute Gasteiger partial charge is 0.333 e. The van der Waals surface area contributed by atoms with Crippen LogP contribution in [0.4, 0.5) is 11.4 Å². The minimum Gasteiger partial charge on any atom is -0.376 e. The summed E-state index contributed by atoms with van der Waals surface area (Å²) in [7, 11) is 0. The van der Waals surface area contributed by atoms with E-state index in [2.05, 4.69) is 151 Å². The molecule has 0 spiro atoms. The molecule has 4 heterocycles. The number of aromatic nitrogens is 1. The molecule has 2 aliphatic rings. The van der Waals surface area contributed by atoms with Gasteiger partial charge >= 0.3 is 6.85 Å². The maximum absolute atomic E-state index is 2.73. The lowest BCUT2D eigenvalue weighted by atomic mass is 9.43. The molecule has 7 aromatic carbocycles. The van der Waals surface area contributed by atoms with Crippen LogP contribution in [0.5, 0.6) is 0 Å². The highest BCUT2D eigenvalue weighted by molar-refractivity contribution is 7.25. The molecule has 4 heteroatoms. The van der Waals surface area contributed by atoms with Gasteiger partial charge in [0.2, 0.25) is 0 Å². The average Bonchev–Trinajstić information content (AvgIpc) is 3.76. The number of unbranched alkanes of at least 4 members (excludes halogenated alkanes) is 4. The van der Waals surface area contributed by atoms with Gasteiger partial charge in [0.25, 0.3) is 0 Å². The Kier molecular flexibility index (Phi) is 7.52. The first-order valence-corrected chi connectivity index (χ1v) is 21.0. The largest absolute Gasteiger partial charge is 0.376 e. The Labute approximate surface area is 321 Å². The summed E-state index contributed by atoms with van der Waals surface area (Å²) in [5.74, 6) is 0. The van der Waals surface area contributed by atoms with Crippen molar-refractivity contribution in [3.8, 4) is 16.8 Å². The van der Waals surface area contributed by atoms with Crippen molar-refractivity contribution in [1.82, 2.24) is 4.57 Å². The second kappa shape index (κ2) is 12.6. The van der Waals surface area contributed by atoms with Gasteiger partial charge in [0.1, 0.15) is 0 Å². The molecule has 54 heavy (non-hydrogen) atoms. The molecule has 2 aliphatic heterocycles. The van der Waals surface area contributed by atoms with Crippen molar-refractivity contribution in [2.45, 2.75) is 65.2 Å². The van der Waals surface area contributed by atoms with E-state index in [0.717, 1.165) is 12.8 Å². The first-order chi connectivity index (χ1) is 26.7. The number of hydrogen-bond acceptors (Lipinski definition) is 2. The Bertz CT molecular complexity index is 2930. The highest BCUT2D eigenvalue weighted by Gasteiger charge is 2.45. The summed E-state index contributed by atoms with van der Waals surface area (Å²) in [5, 5.41) is 8.09. The SMILES string of the molecule is CCCCCc1ccc(N2B3c4cc(CCCCC)ccc4-n4c5ccccc5c5c6ccccc6c(c3c54)-c3cc4sc5ccccc5c4cc32)cc1. The topological polar surface area (TPSA) is 8.17 Å². The maximum Gasteiger partial charge on any atom is 0.333 e. The monoisotopic (exact) mass is 714 g/mol. The van der Waals surface area contributed by atoms with Gasteiger partial charge in [-0.15, -0.1) is 11.3 Å². The third kappa shape index (κ3) is 4.65. The van der Waals surface area contributed by atoms with Gasteiger partial charge in [0, 0.05) is 53.6 Å². The van der Waals surface area contributed by atoms with Crippen LogP contribution in [0, 0.1) is 0 Å². The molecular formula is C50H43BN2S. The number of anilines is 2. The van der Waals surface area contributed by atoms with Crippen LogP contribution in [-0.2, 0) is 12.8 Å². The number of thiophene rings is 1. The Balaban J connectivity index is 1.29. The van der Waals surface area contributed by atoms with Crippen LogP contribution in [0.15, 0.2) is 127 Å². The Morgan fingerprint density at radius 1 is 0.556 bits per heavy atom. The molecule has 0 radical (unpaired) electrons. The molecule has 9 aromatic rings. The van der Waals surface area contributed by atoms with Crippen molar-refractivity contribution in [1.29, 1.82) is 0 Å². The second-order valence-electron chi connectivity index (χ2n) is 15.6. The minimum atomic E-state index is 0.0193. The summed E-state index contributed by atoms with van der Waals surface area (Å²) in [5.41, 5.74) is 15.0. The van der Waals surface area contributed by atoms with Gasteiger partial charge < -0.3 is 9.38 Å². The lowest BCUT2D eigenvalue weighted by Gasteiger charge is -2.42. The fourth-order valence-corrected chi connectivity index (χ4v) is 11.1. The zero-order valence-corrected chi connectivity index (χ0v) is 32.0. The van der Waals surface area contributed by atoms with Crippen molar-refractivity contribution in [2.24, 2.45) is 0 Å². The third-order valence-electron chi connectivity index (χ3n) is 12.4. The Morgan fingerprint density at radius 2 is 1.24 bits per heavy atom. The highest BCUT2D eigenvalue weighted by atomic mass is 32.1. The zero-order chi connectivity index (χ0) is 35.9. The van der Waals surface area contributed by atoms with Crippen LogP contribution in [0.3, 0.4) is 0 Å². The Hall–Kier alpha value is -5.32. The van der Waals surface area contributed by atoms with Crippen LogP contribution < -0.4 is 15.7 Å². The fraction of sp³-hybridized carbons (Fsp3) is 0.200. The molecule has 2 aromatic heterocycles. The predicted molar refractivity (Wildman–Crippen MR) is 237 cm³/mol. The number of rotatable bonds is 9. The van der Waals surface area contributed by atoms with Gasteiger partial charge in [0.15, 0.2) is 0 Å². The maximum atomic E-state index is 2.73. The van der Waals surface area contributed by atoms with E-state index >= 15 is 0 Å². The summed E-state index contributed by atoms with van der Waals surface area (Å²) in [6.45, 7) is 4.61. The lowest BCUT2D eigenvalue weighted by Crippen LogP contribution is -2.60. The van der Waals surface area contributed by atoms with Gasteiger partial charge in [-0.05, 0) is 107 Å². The summed E-state index contributed by atoms with van der Waals surface area (Å²) < 4.78 is 5.32. The first-order valence-electron chi connectivity index (χ1n) is 20.2. The van der Waals surface area contributed by atoms with Gasteiger partial charge in [-0.1, -0.05) is 124 Å². The van der Waals surface area contributed by atoms with Crippen molar-refractivity contribution in [3.63, 3.8) is 0 Å². The quantitative estimate of drug-likeness (QED) is 0.107. The van der Waals surface area contributed by atoms with Crippen LogP contribution in [0.2, 0.25) is 0 Å². The second-order valence-corrected chi connectivity index (χ2v) is 16.7. The molecule has 0 aliphatic carbocycles. The van der Waals surface area contributed by atoms with Crippen molar-refractivity contribution < 1.29 is 0 Å². The number of para-hydroxylation sites is 1. The van der Waals surface area contributed by atoms with E-state index < -0.39 is 0 Å². The van der Waals surface area contributed by atoms with Crippen molar-refractivity contribution in [2.75, 3.05) is 4.81 Å². The number of hydrogen-bond donors (Lipinski definition) is 0. The molecule has 0 saturated heterocycles. The van der Waals surface area contributed by atoms with Crippen molar-refractivity contribution in [3.05, 3.63) is 139 Å². The molecule has 0 fully saturated rings. The lowest BCUT2D eigenvalue weighted by molar-refractivity contribution is 0.717. The summed E-state index contributed by atoms with van der Waals surface area (Å²) in [6, 6.07) is 49.4. The first kappa shape index (κ1) is 32.1. The van der Waals surface area contributed by atoms with E-state index in [4.69, 9.17) is 0 Å². The highest BCUT2D eigenvalue weighted by Crippen LogP contribution is 2.51. The zero-order valence-electron chi connectivity index (χ0n) is 31.2. The summed E-state index contributed by atoms with van der Waals surface area (Å²) in [4.78, 5) is 2.73. The van der Waals surface area contributed by atoms with E-state index in [0.29, 0.717) is 0 Å². The van der Waals surface area contributed by atoms with Gasteiger partial charge in [-0.3, -0.25) is 0 Å². The summed E-state index contributed by atoms with van der Waals surface area (Å²) >= 11 is 1.92. The molecule has 0 bridgehead atoms. The van der Waals surface area contributed by atoms with Gasteiger partial charge in [-0.25, -0.2) is 0 Å². The fourth-order valence-electron chi connectivity index (χ4n) is 9.93. The predicted octanol–water partition coefficient (Wildman–Crippen LogP) is 13.0. The minimum absolute atomic E-state index is 0.0193. The molecule has 0 unspecified atom stereocenters. The van der Waals surface area contributed by atoms with Crippen molar-refractivity contribution >= 4 is 93.2 Å².